The van der Waals surface area contributed by atoms with Gasteiger partial charge in [0, 0.05) is 5.54 Å². The van der Waals surface area contributed by atoms with Crippen molar-refractivity contribution in [3.05, 3.63) is 34.9 Å². The first-order valence-electron chi connectivity index (χ1n) is 4.84. The van der Waals surface area contributed by atoms with E-state index in [0.717, 1.165) is 6.42 Å². The number of rotatable bonds is 2. The fourth-order valence-corrected chi connectivity index (χ4v) is 1.30. The van der Waals surface area contributed by atoms with Gasteiger partial charge in [0.2, 0.25) is 0 Å². The second kappa shape index (κ2) is 3.51. The molecule has 0 saturated carbocycles. The monoisotopic (exact) mass is 177 g/mol. The van der Waals surface area contributed by atoms with Gasteiger partial charge in [-0.05, 0) is 43.9 Å². The van der Waals surface area contributed by atoms with Gasteiger partial charge in [-0.25, -0.2) is 0 Å². The molecule has 0 radical (unpaired) electrons. The summed E-state index contributed by atoms with van der Waals surface area (Å²) < 4.78 is 0. The van der Waals surface area contributed by atoms with Crippen LogP contribution in [0.3, 0.4) is 0 Å². The van der Waals surface area contributed by atoms with Gasteiger partial charge in [0.15, 0.2) is 0 Å². The third-order valence-electron chi connectivity index (χ3n) is 2.90. The highest BCUT2D eigenvalue weighted by molar-refractivity contribution is 5.33. The Morgan fingerprint density at radius 1 is 1.23 bits per heavy atom. The van der Waals surface area contributed by atoms with Crippen LogP contribution in [0.15, 0.2) is 18.2 Å². The lowest BCUT2D eigenvalue weighted by molar-refractivity contribution is 0.476. The van der Waals surface area contributed by atoms with Gasteiger partial charge in [-0.2, -0.15) is 0 Å². The Kier molecular flexibility index (Phi) is 2.77. The topological polar surface area (TPSA) is 26.0 Å². The van der Waals surface area contributed by atoms with Crippen LogP contribution < -0.4 is 5.73 Å². The normalized spacial score (nSPS) is 15.5. The van der Waals surface area contributed by atoms with Crippen LogP contribution in [0.5, 0.6) is 0 Å². The number of aryl methyl sites for hydroxylation is 2. The maximum atomic E-state index is 6.16. The lowest BCUT2D eigenvalue weighted by atomic mass is 9.89. The molecule has 1 aromatic carbocycles. The first-order chi connectivity index (χ1) is 5.97. The van der Waals surface area contributed by atoms with E-state index in [2.05, 4.69) is 45.9 Å². The minimum Gasteiger partial charge on any atom is -0.322 e. The van der Waals surface area contributed by atoms with E-state index in [1.54, 1.807) is 0 Å². The molecular formula is C12H19N. The van der Waals surface area contributed by atoms with Crippen molar-refractivity contribution in [1.29, 1.82) is 0 Å². The fourth-order valence-electron chi connectivity index (χ4n) is 1.30. The molecule has 0 aliphatic carbocycles. The van der Waals surface area contributed by atoms with E-state index in [4.69, 9.17) is 5.73 Å². The molecule has 1 aromatic rings. The third-order valence-corrected chi connectivity index (χ3v) is 2.90. The van der Waals surface area contributed by atoms with E-state index < -0.39 is 0 Å². The molecule has 1 nitrogen and oxygen atoms in total. The van der Waals surface area contributed by atoms with Crippen LogP contribution >= 0.6 is 0 Å². The maximum Gasteiger partial charge on any atom is 0.0378 e. The molecule has 2 N–H and O–H groups in total. The highest BCUT2D eigenvalue weighted by Crippen LogP contribution is 2.23. The zero-order valence-electron chi connectivity index (χ0n) is 9.02. The summed E-state index contributed by atoms with van der Waals surface area (Å²) >= 11 is 0. The number of hydrogen-bond donors (Lipinski definition) is 1. The standard InChI is InChI=1S/C12H19N/c1-5-12(4,13)11-7-6-9(2)10(3)8-11/h6-8H,5,13H2,1-4H3. The molecule has 0 fully saturated rings. The number of nitrogens with two attached hydrogens (primary N) is 1. The second-order valence-electron chi connectivity index (χ2n) is 4.07. The molecule has 1 atom stereocenters. The molecule has 0 aromatic heterocycles. The highest BCUT2D eigenvalue weighted by Gasteiger charge is 2.18. The van der Waals surface area contributed by atoms with E-state index in [0.29, 0.717) is 0 Å². The van der Waals surface area contributed by atoms with Crippen LogP contribution in [0.2, 0.25) is 0 Å². The van der Waals surface area contributed by atoms with Gasteiger partial charge < -0.3 is 5.73 Å². The van der Waals surface area contributed by atoms with Crippen molar-refractivity contribution in [2.75, 3.05) is 0 Å². The molecule has 0 aliphatic heterocycles. The quantitative estimate of drug-likeness (QED) is 0.738. The largest absolute Gasteiger partial charge is 0.322 e. The summed E-state index contributed by atoms with van der Waals surface area (Å²) in [5.74, 6) is 0. The zero-order valence-corrected chi connectivity index (χ0v) is 9.02. The van der Waals surface area contributed by atoms with Crippen LogP contribution in [0.25, 0.3) is 0 Å². The molecule has 0 spiro atoms. The summed E-state index contributed by atoms with van der Waals surface area (Å²) in [7, 11) is 0. The van der Waals surface area contributed by atoms with Crippen molar-refractivity contribution in [3.63, 3.8) is 0 Å². The molecule has 0 amide bonds. The van der Waals surface area contributed by atoms with Gasteiger partial charge in [0.25, 0.3) is 0 Å². The lowest BCUT2D eigenvalue weighted by Gasteiger charge is -2.24. The molecule has 1 heteroatoms. The third kappa shape index (κ3) is 2.10. The molecule has 0 heterocycles. The lowest BCUT2D eigenvalue weighted by Crippen LogP contribution is -2.31. The van der Waals surface area contributed by atoms with Crippen LogP contribution in [-0.2, 0) is 5.54 Å². The van der Waals surface area contributed by atoms with Gasteiger partial charge in [-0.3, -0.25) is 0 Å². The van der Waals surface area contributed by atoms with Crippen molar-refractivity contribution in [2.24, 2.45) is 5.73 Å². The summed E-state index contributed by atoms with van der Waals surface area (Å²) in [6, 6.07) is 6.47. The second-order valence-corrected chi connectivity index (χ2v) is 4.07. The molecule has 0 bridgehead atoms. The van der Waals surface area contributed by atoms with Gasteiger partial charge >= 0.3 is 0 Å². The maximum absolute atomic E-state index is 6.16. The Hall–Kier alpha value is -0.820. The fraction of sp³-hybridized carbons (Fsp3) is 0.500. The first kappa shape index (κ1) is 10.3. The van der Waals surface area contributed by atoms with Crippen LogP contribution in [0.1, 0.15) is 37.0 Å². The molecule has 0 aliphatic rings. The van der Waals surface area contributed by atoms with Crippen LogP contribution in [0, 0.1) is 13.8 Å². The highest BCUT2D eigenvalue weighted by atomic mass is 14.7. The van der Waals surface area contributed by atoms with Gasteiger partial charge in [-0.15, -0.1) is 0 Å². The Labute approximate surface area is 81.0 Å². The van der Waals surface area contributed by atoms with Gasteiger partial charge in [-0.1, -0.05) is 25.1 Å². The first-order valence-corrected chi connectivity index (χ1v) is 4.84. The van der Waals surface area contributed by atoms with Crippen molar-refractivity contribution in [2.45, 2.75) is 39.7 Å². The average Bonchev–Trinajstić information content (AvgIpc) is 2.09. The number of hydrogen-bond acceptors (Lipinski definition) is 1. The minimum atomic E-state index is -0.182. The van der Waals surface area contributed by atoms with E-state index >= 15 is 0 Å². The average molecular weight is 177 g/mol. The molecule has 1 rings (SSSR count). The summed E-state index contributed by atoms with van der Waals surface area (Å²) in [6.45, 7) is 8.45. The minimum absolute atomic E-state index is 0.182. The van der Waals surface area contributed by atoms with E-state index in [1.807, 2.05) is 0 Å². The predicted octanol–water partition coefficient (Wildman–Crippen LogP) is 2.89. The smallest absolute Gasteiger partial charge is 0.0378 e. The zero-order chi connectivity index (χ0) is 10.1. The van der Waals surface area contributed by atoms with Gasteiger partial charge in [0.05, 0.1) is 0 Å². The SMILES string of the molecule is CCC(C)(N)c1ccc(C)c(C)c1. The van der Waals surface area contributed by atoms with E-state index in [1.165, 1.54) is 16.7 Å². The van der Waals surface area contributed by atoms with Crippen molar-refractivity contribution >= 4 is 0 Å². The van der Waals surface area contributed by atoms with Gasteiger partial charge in [0.1, 0.15) is 0 Å². The summed E-state index contributed by atoms with van der Waals surface area (Å²) in [5, 5.41) is 0. The Bertz CT molecular complexity index is 300. The molecule has 72 valence electrons. The van der Waals surface area contributed by atoms with Crippen molar-refractivity contribution in [1.82, 2.24) is 0 Å². The summed E-state index contributed by atoms with van der Waals surface area (Å²) in [5.41, 5.74) is 9.86. The van der Waals surface area contributed by atoms with Crippen LogP contribution in [0.4, 0.5) is 0 Å². The van der Waals surface area contributed by atoms with E-state index in [-0.39, 0.29) is 5.54 Å². The Morgan fingerprint density at radius 2 is 1.85 bits per heavy atom. The molecular weight excluding hydrogens is 158 g/mol. The summed E-state index contributed by atoms with van der Waals surface area (Å²) in [6.07, 6.45) is 0.968. The molecule has 13 heavy (non-hydrogen) atoms. The summed E-state index contributed by atoms with van der Waals surface area (Å²) in [4.78, 5) is 0. The van der Waals surface area contributed by atoms with Crippen molar-refractivity contribution < 1.29 is 0 Å². The molecule has 0 saturated heterocycles. The molecule has 1 unspecified atom stereocenters. The van der Waals surface area contributed by atoms with E-state index in [9.17, 15) is 0 Å². The number of benzene rings is 1. The van der Waals surface area contributed by atoms with Crippen molar-refractivity contribution in [3.8, 4) is 0 Å². The predicted molar refractivity (Wildman–Crippen MR) is 57.7 cm³/mol. The Balaban J connectivity index is 3.10. The Morgan fingerprint density at radius 3 is 2.31 bits per heavy atom. The van der Waals surface area contributed by atoms with Crippen LogP contribution in [-0.4, -0.2) is 0 Å².